The van der Waals surface area contributed by atoms with Crippen LogP contribution in [-0.2, 0) is 0 Å². The van der Waals surface area contributed by atoms with Crippen LogP contribution in [0.25, 0.3) is 10.9 Å². The number of benzene rings is 2. The van der Waals surface area contributed by atoms with Crippen molar-refractivity contribution in [1.29, 1.82) is 0 Å². The molecule has 3 N–H and O–H groups in total. The molecule has 7 nitrogen and oxygen atoms in total. The second-order valence-electron chi connectivity index (χ2n) is 6.67. The van der Waals surface area contributed by atoms with E-state index in [1.165, 1.54) is 0 Å². The number of carbonyl (C=O) groups is 2. The molecule has 3 aromatic rings. The summed E-state index contributed by atoms with van der Waals surface area (Å²) < 4.78 is 0. The van der Waals surface area contributed by atoms with Crippen LogP contribution >= 0.6 is 0 Å². The van der Waals surface area contributed by atoms with Crippen molar-refractivity contribution in [2.45, 2.75) is 18.9 Å². The fraction of sp³-hybridized carbons (Fsp3) is 0.250. The van der Waals surface area contributed by atoms with Crippen molar-refractivity contribution in [3.63, 3.8) is 0 Å². The van der Waals surface area contributed by atoms with E-state index in [1.54, 1.807) is 17.2 Å². The number of anilines is 1. The molecule has 0 aliphatic carbocycles. The number of rotatable bonds is 3. The lowest BCUT2D eigenvalue weighted by Gasteiger charge is -2.32. The summed E-state index contributed by atoms with van der Waals surface area (Å²) in [6.45, 7) is 1.22. The van der Waals surface area contributed by atoms with E-state index in [-0.39, 0.29) is 18.0 Å². The summed E-state index contributed by atoms with van der Waals surface area (Å²) in [6, 6.07) is 14.9. The minimum absolute atomic E-state index is 0.0523. The molecule has 3 amide bonds. The number of likely N-dealkylation sites (tertiary alicyclic amines) is 1. The minimum atomic E-state index is -0.114. The average molecular weight is 363 g/mol. The third kappa shape index (κ3) is 3.76. The number of carbonyl (C=O) groups excluding carboxylic acids is 2. The van der Waals surface area contributed by atoms with Gasteiger partial charge in [0.2, 0.25) is 0 Å². The van der Waals surface area contributed by atoms with Crippen molar-refractivity contribution in [1.82, 2.24) is 20.4 Å². The molecule has 0 unspecified atom stereocenters. The summed E-state index contributed by atoms with van der Waals surface area (Å²) >= 11 is 0. The Hall–Kier alpha value is -3.35. The molecule has 0 radical (unpaired) electrons. The van der Waals surface area contributed by atoms with Crippen LogP contribution in [0, 0.1) is 0 Å². The van der Waals surface area contributed by atoms with Crippen molar-refractivity contribution in [2.24, 2.45) is 0 Å². The molecule has 0 spiro atoms. The maximum atomic E-state index is 12.6. The number of piperidine rings is 1. The first-order valence-corrected chi connectivity index (χ1v) is 9.04. The number of aromatic amines is 1. The van der Waals surface area contributed by atoms with Crippen LogP contribution in [0.15, 0.2) is 54.7 Å². The SMILES string of the molecule is O=C(NC1CCN(C(=O)Nc2ccccc2)CC1)c1cccc2cn[nH]c12. The molecule has 1 saturated heterocycles. The normalized spacial score (nSPS) is 14.9. The van der Waals surface area contributed by atoms with Crippen LogP contribution < -0.4 is 10.6 Å². The summed E-state index contributed by atoms with van der Waals surface area (Å²) in [5.41, 5.74) is 2.12. The zero-order chi connectivity index (χ0) is 18.6. The van der Waals surface area contributed by atoms with E-state index < -0.39 is 0 Å². The Kier molecular flexibility index (Phi) is 4.74. The van der Waals surface area contributed by atoms with Gasteiger partial charge in [-0.05, 0) is 31.0 Å². The predicted octanol–water partition coefficient (Wildman–Crippen LogP) is 2.99. The zero-order valence-electron chi connectivity index (χ0n) is 14.8. The van der Waals surface area contributed by atoms with Gasteiger partial charge in [-0.1, -0.05) is 30.3 Å². The van der Waals surface area contributed by atoms with E-state index in [9.17, 15) is 9.59 Å². The standard InChI is InChI=1S/C20H21N5O2/c26-19(17-8-4-5-14-13-21-24-18(14)17)22-16-9-11-25(12-10-16)20(27)23-15-6-2-1-3-7-15/h1-8,13,16H,9-12H2,(H,21,24)(H,22,26)(H,23,27). The highest BCUT2D eigenvalue weighted by molar-refractivity contribution is 6.05. The van der Waals surface area contributed by atoms with Gasteiger partial charge in [-0.25, -0.2) is 4.79 Å². The molecule has 1 aliphatic heterocycles. The van der Waals surface area contributed by atoms with Gasteiger partial charge in [0.1, 0.15) is 0 Å². The summed E-state index contributed by atoms with van der Waals surface area (Å²) in [5, 5.41) is 13.8. The van der Waals surface area contributed by atoms with Gasteiger partial charge in [0, 0.05) is 30.2 Å². The first-order chi connectivity index (χ1) is 13.2. The zero-order valence-corrected chi connectivity index (χ0v) is 14.8. The molecule has 0 atom stereocenters. The molecule has 138 valence electrons. The number of aromatic nitrogens is 2. The quantitative estimate of drug-likeness (QED) is 0.668. The summed E-state index contributed by atoms with van der Waals surface area (Å²) in [5.74, 6) is -0.114. The number of amides is 3. The van der Waals surface area contributed by atoms with Crippen molar-refractivity contribution >= 4 is 28.5 Å². The van der Waals surface area contributed by atoms with Gasteiger partial charge in [-0.3, -0.25) is 9.89 Å². The second kappa shape index (κ2) is 7.49. The second-order valence-corrected chi connectivity index (χ2v) is 6.67. The van der Waals surface area contributed by atoms with Crippen molar-refractivity contribution in [2.75, 3.05) is 18.4 Å². The molecule has 1 fully saturated rings. The van der Waals surface area contributed by atoms with Gasteiger partial charge in [-0.15, -0.1) is 0 Å². The van der Waals surface area contributed by atoms with E-state index in [0.717, 1.165) is 29.4 Å². The maximum Gasteiger partial charge on any atom is 0.321 e. The Morgan fingerprint density at radius 2 is 1.81 bits per heavy atom. The Bertz CT molecular complexity index is 945. The Balaban J connectivity index is 1.32. The van der Waals surface area contributed by atoms with Crippen LogP contribution in [0.4, 0.5) is 10.5 Å². The van der Waals surface area contributed by atoms with Gasteiger partial charge < -0.3 is 15.5 Å². The molecular formula is C20H21N5O2. The largest absolute Gasteiger partial charge is 0.349 e. The topological polar surface area (TPSA) is 90.1 Å². The number of nitrogens with one attached hydrogen (secondary N) is 3. The maximum absolute atomic E-state index is 12.6. The molecule has 7 heteroatoms. The lowest BCUT2D eigenvalue weighted by Crippen LogP contribution is -2.47. The highest BCUT2D eigenvalue weighted by Gasteiger charge is 2.24. The van der Waals surface area contributed by atoms with Crippen molar-refractivity contribution in [3.8, 4) is 0 Å². The van der Waals surface area contributed by atoms with E-state index in [1.807, 2.05) is 42.5 Å². The number of fused-ring (bicyclic) bond motifs is 1. The van der Waals surface area contributed by atoms with Gasteiger partial charge in [0.15, 0.2) is 0 Å². The lowest BCUT2D eigenvalue weighted by atomic mass is 10.0. The summed E-state index contributed by atoms with van der Waals surface area (Å²) in [4.78, 5) is 26.8. The van der Waals surface area contributed by atoms with Crippen LogP contribution in [-0.4, -0.2) is 46.2 Å². The van der Waals surface area contributed by atoms with E-state index in [2.05, 4.69) is 20.8 Å². The van der Waals surface area contributed by atoms with Crippen LogP contribution in [0.5, 0.6) is 0 Å². The van der Waals surface area contributed by atoms with Crippen LogP contribution in [0.1, 0.15) is 23.2 Å². The summed E-state index contributed by atoms with van der Waals surface area (Å²) in [7, 11) is 0. The number of para-hydroxylation sites is 2. The van der Waals surface area contributed by atoms with Crippen LogP contribution in [0.3, 0.4) is 0 Å². The summed E-state index contributed by atoms with van der Waals surface area (Å²) in [6.07, 6.45) is 3.16. The molecule has 0 saturated carbocycles. The molecule has 1 aliphatic rings. The number of hydrogen-bond donors (Lipinski definition) is 3. The average Bonchev–Trinajstić information content (AvgIpc) is 3.18. The van der Waals surface area contributed by atoms with Gasteiger partial charge in [0.05, 0.1) is 17.3 Å². The number of nitrogens with zero attached hydrogens (tertiary/aromatic N) is 2. The minimum Gasteiger partial charge on any atom is -0.349 e. The van der Waals surface area contributed by atoms with E-state index >= 15 is 0 Å². The molecular weight excluding hydrogens is 342 g/mol. The highest BCUT2D eigenvalue weighted by Crippen LogP contribution is 2.17. The number of hydrogen-bond acceptors (Lipinski definition) is 3. The third-order valence-corrected chi connectivity index (χ3v) is 4.86. The van der Waals surface area contributed by atoms with Gasteiger partial charge in [0.25, 0.3) is 5.91 Å². The monoisotopic (exact) mass is 363 g/mol. The first kappa shape index (κ1) is 17.1. The molecule has 27 heavy (non-hydrogen) atoms. The van der Waals surface area contributed by atoms with E-state index in [0.29, 0.717) is 18.7 Å². The Labute approximate surface area is 156 Å². The van der Waals surface area contributed by atoms with Crippen LogP contribution in [0.2, 0.25) is 0 Å². The smallest absolute Gasteiger partial charge is 0.321 e. The fourth-order valence-electron chi connectivity index (χ4n) is 3.37. The van der Waals surface area contributed by atoms with Crippen molar-refractivity contribution in [3.05, 3.63) is 60.3 Å². The third-order valence-electron chi connectivity index (χ3n) is 4.86. The first-order valence-electron chi connectivity index (χ1n) is 9.04. The number of urea groups is 1. The molecule has 2 heterocycles. The molecule has 1 aromatic heterocycles. The fourth-order valence-corrected chi connectivity index (χ4v) is 3.37. The van der Waals surface area contributed by atoms with E-state index in [4.69, 9.17) is 0 Å². The number of H-pyrrole nitrogens is 1. The Morgan fingerprint density at radius 1 is 1.04 bits per heavy atom. The van der Waals surface area contributed by atoms with Gasteiger partial charge >= 0.3 is 6.03 Å². The molecule has 2 aromatic carbocycles. The predicted molar refractivity (Wildman–Crippen MR) is 104 cm³/mol. The molecule has 4 rings (SSSR count). The van der Waals surface area contributed by atoms with Crippen molar-refractivity contribution < 1.29 is 9.59 Å². The van der Waals surface area contributed by atoms with Gasteiger partial charge in [-0.2, -0.15) is 5.10 Å². The highest BCUT2D eigenvalue weighted by atomic mass is 16.2. The Morgan fingerprint density at radius 3 is 2.59 bits per heavy atom. The molecule has 0 bridgehead atoms. The lowest BCUT2D eigenvalue weighted by molar-refractivity contribution is 0.0920.